The normalized spacial score (nSPS) is 16.8. The lowest BCUT2D eigenvalue weighted by molar-refractivity contribution is 0.101. The van der Waals surface area contributed by atoms with Gasteiger partial charge in [0.1, 0.15) is 5.82 Å². The molecule has 2 fully saturated rings. The van der Waals surface area contributed by atoms with E-state index in [-0.39, 0.29) is 11.7 Å². The van der Waals surface area contributed by atoms with Gasteiger partial charge in [0.05, 0.1) is 30.8 Å². The fraction of sp³-hybridized carbons (Fsp3) is 0.381. The molecule has 2 saturated heterocycles. The topological polar surface area (TPSA) is 124 Å². The number of carbonyl (C=O) groups is 1. The molecule has 3 aromatic rings. The van der Waals surface area contributed by atoms with E-state index >= 15 is 0 Å². The zero-order valence-corrected chi connectivity index (χ0v) is 17.6. The van der Waals surface area contributed by atoms with Gasteiger partial charge < -0.3 is 25.2 Å². The van der Waals surface area contributed by atoms with E-state index in [0.717, 1.165) is 56.3 Å². The monoisotopic (exact) mass is 435 g/mol. The largest absolute Gasteiger partial charge is 0.378 e. The summed E-state index contributed by atoms with van der Waals surface area (Å²) in [6.45, 7) is 6.59. The number of H-pyrrole nitrogens is 1. The Labute approximate surface area is 185 Å². The highest BCUT2D eigenvalue weighted by molar-refractivity contribution is 6.03. The van der Waals surface area contributed by atoms with Crippen molar-refractivity contribution in [3.63, 3.8) is 0 Å². The highest BCUT2D eigenvalue weighted by Crippen LogP contribution is 2.25. The van der Waals surface area contributed by atoms with Crippen molar-refractivity contribution in [2.45, 2.75) is 0 Å². The lowest BCUT2D eigenvalue weighted by Crippen LogP contribution is -2.43. The molecule has 5 rings (SSSR count). The Morgan fingerprint density at radius 2 is 1.88 bits per heavy atom. The summed E-state index contributed by atoms with van der Waals surface area (Å²) in [5, 5.41) is 13.2. The molecule has 11 heteroatoms. The molecule has 0 bridgehead atoms. The first kappa shape index (κ1) is 20.3. The van der Waals surface area contributed by atoms with E-state index in [1.54, 1.807) is 18.6 Å². The maximum absolute atomic E-state index is 12.8. The summed E-state index contributed by atoms with van der Waals surface area (Å²) in [7, 11) is 0. The number of aromatic amines is 1. The number of nitrogens with zero attached hydrogens (tertiary/aromatic N) is 6. The van der Waals surface area contributed by atoms with Crippen molar-refractivity contribution in [1.82, 2.24) is 30.5 Å². The molecule has 0 saturated carbocycles. The van der Waals surface area contributed by atoms with E-state index in [9.17, 15) is 4.79 Å². The molecule has 0 unspecified atom stereocenters. The van der Waals surface area contributed by atoms with Crippen molar-refractivity contribution >= 4 is 23.1 Å². The fourth-order valence-corrected chi connectivity index (χ4v) is 3.84. The van der Waals surface area contributed by atoms with Gasteiger partial charge in [-0.25, -0.2) is 9.97 Å². The fourth-order valence-electron chi connectivity index (χ4n) is 3.84. The van der Waals surface area contributed by atoms with Gasteiger partial charge in [-0.05, 0) is 18.2 Å². The molecule has 5 heterocycles. The Bertz CT molecular complexity index is 1060. The number of anilines is 3. The number of rotatable bonds is 5. The van der Waals surface area contributed by atoms with Crippen LogP contribution in [0.15, 0.2) is 36.8 Å². The summed E-state index contributed by atoms with van der Waals surface area (Å²) in [4.78, 5) is 30.3. The average Bonchev–Trinajstić information content (AvgIpc) is 3.36. The number of morpholine rings is 1. The van der Waals surface area contributed by atoms with E-state index in [1.165, 1.54) is 0 Å². The van der Waals surface area contributed by atoms with Crippen molar-refractivity contribution in [2.24, 2.45) is 0 Å². The van der Waals surface area contributed by atoms with E-state index < -0.39 is 0 Å². The first-order valence-corrected chi connectivity index (χ1v) is 10.7. The van der Waals surface area contributed by atoms with E-state index in [4.69, 9.17) is 4.74 Å². The molecule has 0 aromatic carbocycles. The van der Waals surface area contributed by atoms with Crippen LogP contribution in [0.2, 0.25) is 0 Å². The second-order valence-electron chi connectivity index (χ2n) is 7.60. The van der Waals surface area contributed by atoms with E-state index in [2.05, 4.69) is 45.6 Å². The average molecular weight is 435 g/mol. The lowest BCUT2D eigenvalue weighted by Gasteiger charge is -2.30. The number of hydrogen-bond acceptors (Lipinski definition) is 9. The van der Waals surface area contributed by atoms with Gasteiger partial charge >= 0.3 is 0 Å². The van der Waals surface area contributed by atoms with Gasteiger partial charge in [-0.1, -0.05) is 0 Å². The number of hydrogen-bond donors (Lipinski definition) is 3. The molecule has 3 aromatic heterocycles. The summed E-state index contributed by atoms with van der Waals surface area (Å²) in [6, 6.07) is 5.76. The zero-order valence-electron chi connectivity index (χ0n) is 17.6. The molecule has 0 radical (unpaired) electrons. The first-order chi connectivity index (χ1) is 15.8. The number of ether oxygens (including phenoxy) is 1. The van der Waals surface area contributed by atoms with Crippen molar-refractivity contribution in [2.75, 3.05) is 67.6 Å². The third-order valence-corrected chi connectivity index (χ3v) is 5.55. The van der Waals surface area contributed by atoms with Crippen LogP contribution in [0.25, 0.3) is 11.4 Å². The van der Waals surface area contributed by atoms with Crippen molar-refractivity contribution in [3.8, 4) is 11.4 Å². The van der Waals surface area contributed by atoms with Crippen LogP contribution < -0.4 is 20.4 Å². The third kappa shape index (κ3) is 4.39. The molecular formula is C21H25N9O2. The van der Waals surface area contributed by atoms with Crippen LogP contribution in [-0.4, -0.2) is 83.5 Å². The van der Waals surface area contributed by atoms with Crippen molar-refractivity contribution in [3.05, 3.63) is 42.6 Å². The molecular weight excluding hydrogens is 410 g/mol. The van der Waals surface area contributed by atoms with E-state index in [1.807, 2.05) is 18.2 Å². The number of nitrogens with one attached hydrogen (secondary N) is 3. The Balaban J connectivity index is 1.28. The molecule has 3 N–H and O–H groups in total. The molecule has 0 atom stereocenters. The lowest BCUT2D eigenvalue weighted by atomic mass is 10.2. The Hall–Kier alpha value is -3.57. The van der Waals surface area contributed by atoms with Gasteiger partial charge in [0, 0.05) is 57.2 Å². The maximum atomic E-state index is 12.8. The minimum absolute atomic E-state index is 0.132. The molecule has 32 heavy (non-hydrogen) atoms. The third-order valence-electron chi connectivity index (χ3n) is 5.55. The SMILES string of the molecule is O=C(Nc1cnccc1N1CCNCC1)c1nc(-c2ccc(N3CCOCC3)nc2)n[nH]1. The van der Waals surface area contributed by atoms with Gasteiger partial charge in [0.15, 0.2) is 5.82 Å². The van der Waals surface area contributed by atoms with Gasteiger partial charge in [0.25, 0.3) is 5.91 Å². The first-order valence-electron chi connectivity index (χ1n) is 10.7. The minimum atomic E-state index is -0.369. The standard InChI is InChI=1S/C21H25N9O2/c31-21(25-16-14-23-4-3-17(16)29-7-5-22-6-8-29)20-26-19(27-28-20)15-1-2-18(24-13-15)30-9-11-32-12-10-30/h1-4,13-14,22H,5-12H2,(H,25,31)(H,26,27,28). The van der Waals surface area contributed by atoms with Gasteiger partial charge in [-0.15, -0.1) is 0 Å². The number of piperazine rings is 1. The highest BCUT2D eigenvalue weighted by atomic mass is 16.5. The summed E-state index contributed by atoms with van der Waals surface area (Å²) in [5.74, 6) is 1.07. The van der Waals surface area contributed by atoms with Crippen LogP contribution in [0.5, 0.6) is 0 Å². The zero-order chi connectivity index (χ0) is 21.8. The smallest absolute Gasteiger partial charge is 0.293 e. The van der Waals surface area contributed by atoms with Crippen LogP contribution in [0, 0.1) is 0 Å². The quantitative estimate of drug-likeness (QED) is 0.533. The molecule has 11 nitrogen and oxygen atoms in total. The highest BCUT2D eigenvalue weighted by Gasteiger charge is 2.19. The van der Waals surface area contributed by atoms with Crippen LogP contribution in [0.4, 0.5) is 17.2 Å². The van der Waals surface area contributed by atoms with Crippen LogP contribution in [0.1, 0.15) is 10.6 Å². The molecule has 0 spiro atoms. The second-order valence-corrected chi connectivity index (χ2v) is 7.60. The van der Waals surface area contributed by atoms with Crippen molar-refractivity contribution < 1.29 is 9.53 Å². The summed E-state index contributed by atoms with van der Waals surface area (Å²) >= 11 is 0. The summed E-state index contributed by atoms with van der Waals surface area (Å²) in [5.41, 5.74) is 2.33. The molecule has 0 aliphatic carbocycles. The van der Waals surface area contributed by atoms with E-state index in [0.29, 0.717) is 24.7 Å². The van der Waals surface area contributed by atoms with Crippen LogP contribution in [-0.2, 0) is 4.74 Å². The Morgan fingerprint density at radius 3 is 2.66 bits per heavy atom. The van der Waals surface area contributed by atoms with Crippen molar-refractivity contribution in [1.29, 1.82) is 0 Å². The summed E-state index contributed by atoms with van der Waals surface area (Å²) in [6.07, 6.45) is 5.10. The Morgan fingerprint density at radius 1 is 1.03 bits per heavy atom. The molecule has 2 aliphatic heterocycles. The number of aromatic nitrogens is 5. The van der Waals surface area contributed by atoms with Crippen LogP contribution in [0.3, 0.4) is 0 Å². The molecule has 166 valence electrons. The van der Waals surface area contributed by atoms with Gasteiger partial charge in [0.2, 0.25) is 5.82 Å². The molecule has 2 aliphatic rings. The minimum Gasteiger partial charge on any atom is -0.378 e. The van der Waals surface area contributed by atoms with Gasteiger partial charge in [-0.3, -0.25) is 14.9 Å². The second kappa shape index (κ2) is 9.28. The van der Waals surface area contributed by atoms with Gasteiger partial charge in [-0.2, -0.15) is 5.10 Å². The van der Waals surface area contributed by atoms with Crippen LogP contribution >= 0.6 is 0 Å². The maximum Gasteiger partial charge on any atom is 0.293 e. The number of carbonyl (C=O) groups excluding carboxylic acids is 1. The Kier molecular flexibility index (Phi) is 5.90. The summed E-state index contributed by atoms with van der Waals surface area (Å²) < 4.78 is 5.38. The number of amides is 1. The predicted octanol–water partition coefficient (Wildman–Crippen LogP) is 0.760. The predicted molar refractivity (Wildman–Crippen MR) is 120 cm³/mol. The molecule has 1 amide bonds. The number of pyridine rings is 2.